The second kappa shape index (κ2) is 21.7. The second-order valence-corrected chi connectivity index (χ2v) is 19.7. The molecule has 19 heteroatoms. The van der Waals surface area contributed by atoms with E-state index in [1.165, 1.54) is 39.4 Å². The van der Waals surface area contributed by atoms with Crippen molar-refractivity contribution in [1.29, 1.82) is 0 Å². The zero-order valence-electron chi connectivity index (χ0n) is 42.5. The third-order valence-corrected chi connectivity index (χ3v) is 14.7. The fourth-order valence-electron chi connectivity index (χ4n) is 10.8. The lowest BCUT2D eigenvalue weighted by molar-refractivity contribution is -0.119. The van der Waals surface area contributed by atoms with Gasteiger partial charge >= 0.3 is 0 Å². The Bertz CT molecular complexity index is 3240. The van der Waals surface area contributed by atoms with Crippen molar-refractivity contribution < 1.29 is 24.5 Å². The third kappa shape index (κ3) is 10.6. The maximum Gasteiger partial charge on any atom is 0.167 e. The number of carbonyl (C=O) groups excluding carboxylic acids is 1. The van der Waals surface area contributed by atoms with Crippen LogP contribution >= 0.6 is 0 Å². The van der Waals surface area contributed by atoms with Crippen molar-refractivity contribution in [2.75, 3.05) is 104 Å². The van der Waals surface area contributed by atoms with Gasteiger partial charge in [0.25, 0.3) is 0 Å². The molecule has 6 aromatic heterocycles. The van der Waals surface area contributed by atoms with E-state index in [1.54, 1.807) is 41.4 Å². The summed E-state index contributed by atoms with van der Waals surface area (Å²) >= 11 is 0. The van der Waals surface area contributed by atoms with E-state index in [0.29, 0.717) is 66.5 Å². The van der Waals surface area contributed by atoms with Gasteiger partial charge in [0.15, 0.2) is 34.4 Å². The number of piperazine rings is 2. The van der Waals surface area contributed by atoms with Crippen LogP contribution in [0.5, 0.6) is 11.5 Å². The number of methoxy groups -OCH3 is 2. The van der Waals surface area contributed by atoms with Gasteiger partial charge < -0.3 is 34.4 Å². The van der Waals surface area contributed by atoms with Crippen LogP contribution < -0.4 is 24.6 Å². The summed E-state index contributed by atoms with van der Waals surface area (Å²) in [5, 5.41) is 14.0. The van der Waals surface area contributed by atoms with Crippen molar-refractivity contribution in [2.24, 2.45) is 0 Å². The molecule has 0 amide bonds. The summed E-state index contributed by atoms with van der Waals surface area (Å²) in [7, 11) is 7.28. The van der Waals surface area contributed by atoms with Crippen molar-refractivity contribution in [3.8, 4) is 33.8 Å². The first-order valence-electron chi connectivity index (χ1n) is 25.2. The number of rotatable bonds is 7. The van der Waals surface area contributed by atoms with E-state index in [1.807, 2.05) is 35.2 Å². The van der Waals surface area contributed by atoms with Gasteiger partial charge in [-0.1, -0.05) is 0 Å². The summed E-state index contributed by atoms with van der Waals surface area (Å²) in [6, 6.07) is 11.8. The summed E-state index contributed by atoms with van der Waals surface area (Å²) in [6.45, 7) is 15.0. The highest BCUT2D eigenvalue weighted by Gasteiger charge is 2.31. The first-order valence-corrected chi connectivity index (χ1v) is 25.2. The molecule has 2 unspecified atom stereocenters. The van der Waals surface area contributed by atoms with Crippen LogP contribution in [0.25, 0.3) is 55.4 Å². The van der Waals surface area contributed by atoms with Gasteiger partial charge in [-0.2, -0.15) is 10.2 Å². The van der Waals surface area contributed by atoms with E-state index < -0.39 is 11.6 Å². The Morgan fingerprint density at radius 1 is 0.630 bits per heavy atom. The fourth-order valence-corrected chi connectivity index (χ4v) is 10.8. The van der Waals surface area contributed by atoms with Crippen LogP contribution in [0.1, 0.15) is 41.0 Å². The number of hydrogen-bond acceptors (Lipinski definition) is 15. The highest BCUT2D eigenvalue weighted by molar-refractivity contribution is 5.99. The SMILES string of the molecule is CC1CN(C)CCN1.COc1cc2c(-c3cnn4cc(N5CCC(=O)CC5)cnc34)ccnc2cc1F.COc1cc2c(-c3cnn4cc(N5CCC(N6CCN(C)CC6C)CC5)cnc34)ccnc2cc1F.[2HH]. The van der Waals surface area contributed by atoms with Gasteiger partial charge in [0, 0.05) is 144 Å². The summed E-state index contributed by atoms with van der Waals surface area (Å²) in [5.41, 5.74) is 8.04. The molecule has 10 heterocycles. The van der Waals surface area contributed by atoms with Gasteiger partial charge in [-0.25, -0.2) is 27.8 Å². The molecule has 0 bridgehead atoms. The highest BCUT2D eigenvalue weighted by Crippen LogP contribution is 2.36. The first-order chi connectivity index (χ1) is 35.4. The van der Waals surface area contributed by atoms with Gasteiger partial charge in [0.05, 0.1) is 73.8 Å². The van der Waals surface area contributed by atoms with Crippen molar-refractivity contribution in [1.82, 2.24) is 59.2 Å². The molecule has 0 radical (unpaired) electrons. The number of nitrogens with one attached hydrogen (secondary N) is 1. The van der Waals surface area contributed by atoms with Gasteiger partial charge in [-0.3, -0.25) is 19.7 Å². The van der Waals surface area contributed by atoms with Crippen molar-refractivity contribution in [3.05, 3.63) is 97.6 Å². The maximum atomic E-state index is 14.2. The second-order valence-electron chi connectivity index (χ2n) is 19.7. The Balaban J connectivity index is 0.000000159. The molecule has 1 N–H and O–H groups in total. The number of likely N-dealkylation sites (N-methyl/N-ethyl adjacent to an activating group) is 2. The average molecular weight is 998 g/mol. The summed E-state index contributed by atoms with van der Waals surface area (Å²) in [5.74, 6) is -0.223. The molecule has 4 saturated heterocycles. The molecule has 4 aliphatic rings. The van der Waals surface area contributed by atoms with Crippen molar-refractivity contribution in [3.63, 3.8) is 0 Å². The number of ketones is 1. The molecular formula is C54H66F2N14O3. The van der Waals surface area contributed by atoms with Crippen LogP contribution in [0.3, 0.4) is 0 Å². The summed E-state index contributed by atoms with van der Waals surface area (Å²) < 4.78 is 42.2. The Labute approximate surface area is 425 Å². The quantitative estimate of drug-likeness (QED) is 0.173. The van der Waals surface area contributed by atoms with Crippen LogP contribution in [0.4, 0.5) is 20.2 Å². The lowest BCUT2D eigenvalue weighted by Gasteiger charge is -2.46. The van der Waals surface area contributed by atoms with Crippen molar-refractivity contribution in [2.45, 2.75) is 57.7 Å². The number of carbonyl (C=O) groups is 1. The largest absolute Gasteiger partial charge is 0.494 e. The number of pyridine rings is 2. The number of benzene rings is 2. The Hall–Kier alpha value is -6.93. The molecule has 4 fully saturated rings. The van der Waals surface area contributed by atoms with E-state index in [2.05, 4.69) is 89.1 Å². The molecule has 12 rings (SSSR count). The number of aromatic nitrogens is 8. The molecule has 2 aromatic carbocycles. The van der Waals surface area contributed by atoms with Crippen molar-refractivity contribution >= 4 is 50.3 Å². The Kier molecular flexibility index (Phi) is 14.7. The number of Topliss-reactive ketones (excluding diaryl/α,β-unsaturated/α-hetero) is 1. The molecule has 0 aliphatic carbocycles. The third-order valence-electron chi connectivity index (χ3n) is 14.7. The van der Waals surface area contributed by atoms with Gasteiger partial charge in [0.2, 0.25) is 0 Å². The van der Waals surface area contributed by atoms with Crippen LogP contribution in [-0.4, -0.2) is 172 Å². The molecule has 384 valence electrons. The molecule has 0 saturated carbocycles. The van der Waals surface area contributed by atoms with E-state index in [4.69, 9.17) is 14.5 Å². The molecule has 4 aliphatic heterocycles. The number of nitrogens with zero attached hydrogens (tertiary/aromatic N) is 13. The summed E-state index contributed by atoms with van der Waals surface area (Å²) in [6.07, 6.45) is 18.1. The number of hydrogen-bond donors (Lipinski definition) is 1. The minimum Gasteiger partial charge on any atom is -0.494 e. The number of piperidine rings is 2. The fraction of sp³-hybridized carbons (Fsp3) is 0.426. The molecule has 0 spiro atoms. The van der Waals surface area contributed by atoms with Crippen LogP contribution in [0.15, 0.2) is 86.0 Å². The maximum absolute atomic E-state index is 14.2. The first kappa shape index (κ1) is 49.6. The Morgan fingerprint density at radius 3 is 1.63 bits per heavy atom. The lowest BCUT2D eigenvalue weighted by atomic mass is 9.99. The Morgan fingerprint density at radius 2 is 1.15 bits per heavy atom. The summed E-state index contributed by atoms with van der Waals surface area (Å²) in [4.78, 5) is 41.6. The van der Waals surface area contributed by atoms with Crippen LogP contribution in [-0.2, 0) is 4.79 Å². The average Bonchev–Trinajstić information content (AvgIpc) is 4.03. The predicted molar refractivity (Wildman–Crippen MR) is 283 cm³/mol. The van der Waals surface area contributed by atoms with E-state index in [-0.39, 0.29) is 12.9 Å². The normalized spacial score (nSPS) is 19.5. The molecule has 73 heavy (non-hydrogen) atoms. The zero-order chi connectivity index (χ0) is 50.8. The van der Waals surface area contributed by atoms with Gasteiger partial charge in [-0.05, 0) is 76.2 Å². The van der Waals surface area contributed by atoms with E-state index >= 15 is 0 Å². The van der Waals surface area contributed by atoms with E-state index in [9.17, 15) is 13.6 Å². The monoisotopic (exact) mass is 998 g/mol. The minimum absolute atomic E-state index is 0. The molecule has 2 atom stereocenters. The standard InChI is InChI=1S/C27H32FN7O.C21H18FN5O2.C6H14N2.H2/c1-18-16-32(2)10-11-34(18)19-5-8-33(9-6-19)20-14-30-27-23(15-31-35(27)17-20)21-4-7-29-25-13-24(28)26(36-3)12-22(21)25;1-29-20-8-16-15(2-5-23-19(16)9-18(20)22)17-11-25-27-12-13(10-24-21(17)27)26-6-3-14(28)4-7-26;1-6-5-8(2)4-3-7-6;/h4,7,12-15,17-19H,5-6,8-11,16H2,1-3H3;2,5,8-12H,3-4,6-7H2,1H3;6-7H,3-5H2,1-2H3;1H/i;;;1+1. The number of fused-ring (bicyclic) bond motifs is 4. The highest BCUT2D eigenvalue weighted by atomic mass is 19.1. The lowest BCUT2D eigenvalue weighted by Crippen LogP contribution is -2.56. The number of halogens is 2. The molecule has 8 aromatic rings. The number of anilines is 2. The molecular weight excluding hydrogens is 931 g/mol. The van der Waals surface area contributed by atoms with E-state index in [0.717, 1.165) is 102 Å². The number of ether oxygens (including phenoxy) is 2. The topological polar surface area (TPSA) is 150 Å². The van der Waals surface area contributed by atoms with Crippen LogP contribution in [0, 0.1) is 11.6 Å². The zero-order valence-corrected chi connectivity index (χ0v) is 42.5. The smallest absolute Gasteiger partial charge is 0.167 e. The van der Waals surface area contributed by atoms with Gasteiger partial charge in [-0.15, -0.1) is 0 Å². The minimum atomic E-state index is -0.452. The predicted octanol–water partition coefficient (Wildman–Crippen LogP) is 7.11. The van der Waals surface area contributed by atoms with Gasteiger partial charge in [0.1, 0.15) is 5.78 Å². The molecule has 17 nitrogen and oxygen atoms in total. The van der Waals surface area contributed by atoms with Crippen LogP contribution in [0.2, 0.25) is 0 Å².